The van der Waals surface area contributed by atoms with Gasteiger partial charge in [0.1, 0.15) is 5.00 Å². The van der Waals surface area contributed by atoms with E-state index < -0.39 is 0 Å². The van der Waals surface area contributed by atoms with E-state index in [9.17, 15) is 9.90 Å². The monoisotopic (exact) mass is 339 g/mol. The fraction of sp³-hybridized carbons (Fsp3) is 0.111. The summed E-state index contributed by atoms with van der Waals surface area (Å²) in [5, 5.41) is 15.5. The van der Waals surface area contributed by atoms with E-state index in [2.05, 4.69) is 15.0 Å². The standard InChI is InChI=1S/C18H17N3O2S/c22-12-15-9-5-4-8-14(15)11-19-18(23)20-17-10-16(21-24-17)13-6-2-1-3-7-13/h1-10,22H,11-12H2,(H2,19,20,23). The van der Waals surface area contributed by atoms with E-state index in [4.69, 9.17) is 0 Å². The molecule has 0 saturated heterocycles. The average Bonchev–Trinajstić information content (AvgIpc) is 3.09. The van der Waals surface area contributed by atoms with E-state index in [1.807, 2.05) is 60.7 Å². The molecule has 0 aliphatic heterocycles. The number of anilines is 1. The molecular formula is C18H17N3O2S. The molecule has 3 aromatic rings. The van der Waals surface area contributed by atoms with Crippen molar-refractivity contribution in [1.82, 2.24) is 9.69 Å². The number of carbonyl (C=O) groups excluding carboxylic acids is 1. The molecule has 0 saturated carbocycles. The highest BCUT2D eigenvalue weighted by molar-refractivity contribution is 7.10. The minimum absolute atomic E-state index is 0.0469. The van der Waals surface area contributed by atoms with Crippen molar-refractivity contribution >= 4 is 22.6 Å². The molecule has 0 spiro atoms. The Hall–Kier alpha value is -2.70. The number of hydrogen-bond donors (Lipinski definition) is 3. The zero-order valence-corrected chi connectivity index (χ0v) is 13.7. The maximum Gasteiger partial charge on any atom is 0.320 e. The molecule has 122 valence electrons. The van der Waals surface area contributed by atoms with Crippen molar-refractivity contribution in [2.45, 2.75) is 13.2 Å². The number of urea groups is 1. The highest BCUT2D eigenvalue weighted by Crippen LogP contribution is 2.25. The normalized spacial score (nSPS) is 10.4. The Morgan fingerprint density at radius 1 is 1.04 bits per heavy atom. The maximum atomic E-state index is 12.0. The molecule has 2 amide bonds. The second kappa shape index (κ2) is 7.72. The summed E-state index contributed by atoms with van der Waals surface area (Å²) in [7, 11) is 0. The maximum absolute atomic E-state index is 12.0. The van der Waals surface area contributed by atoms with Gasteiger partial charge in [0.05, 0.1) is 12.3 Å². The molecular weight excluding hydrogens is 322 g/mol. The van der Waals surface area contributed by atoms with Crippen LogP contribution in [0.5, 0.6) is 0 Å². The Morgan fingerprint density at radius 3 is 2.50 bits per heavy atom. The lowest BCUT2D eigenvalue weighted by Crippen LogP contribution is -2.28. The lowest BCUT2D eigenvalue weighted by molar-refractivity contribution is 0.251. The number of nitrogens with one attached hydrogen (secondary N) is 2. The second-order valence-corrected chi connectivity index (χ2v) is 5.98. The predicted molar refractivity (Wildman–Crippen MR) is 95.8 cm³/mol. The Labute approximate surface area is 144 Å². The number of hydrogen-bond acceptors (Lipinski definition) is 4. The third-order valence-electron chi connectivity index (χ3n) is 3.54. The van der Waals surface area contributed by atoms with E-state index in [1.165, 1.54) is 11.5 Å². The Bertz CT molecular complexity index is 818. The molecule has 0 fully saturated rings. The highest BCUT2D eigenvalue weighted by atomic mass is 32.1. The average molecular weight is 339 g/mol. The number of amides is 2. The van der Waals surface area contributed by atoms with Crippen molar-refractivity contribution in [3.05, 3.63) is 71.8 Å². The Morgan fingerprint density at radius 2 is 1.75 bits per heavy atom. The van der Waals surface area contributed by atoms with Gasteiger partial charge in [-0.2, -0.15) is 4.37 Å². The summed E-state index contributed by atoms with van der Waals surface area (Å²) in [5.41, 5.74) is 3.55. The third kappa shape index (κ3) is 3.98. The van der Waals surface area contributed by atoms with E-state index in [-0.39, 0.29) is 12.6 Å². The largest absolute Gasteiger partial charge is 0.392 e. The molecule has 0 unspecified atom stereocenters. The number of benzene rings is 2. The van der Waals surface area contributed by atoms with Crippen LogP contribution in [0.3, 0.4) is 0 Å². The van der Waals surface area contributed by atoms with Crippen LogP contribution in [0.2, 0.25) is 0 Å². The fourth-order valence-corrected chi connectivity index (χ4v) is 2.95. The van der Waals surface area contributed by atoms with Gasteiger partial charge in [0.2, 0.25) is 0 Å². The van der Waals surface area contributed by atoms with Crippen LogP contribution >= 0.6 is 11.5 Å². The van der Waals surface area contributed by atoms with Gasteiger partial charge in [-0.25, -0.2) is 4.79 Å². The van der Waals surface area contributed by atoms with E-state index in [1.54, 1.807) is 0 Å². The van der Waals surface area contributed by atoms with Gasteiger partial charge in [0.25, 0.3) is 0 Å². The summed E-state index contributed by atoms with van der Waals surface area (Å²) >= 11 is 1.24. The van der Waals surface area contributed by atoms with Crippen molar-refractivity contribution < 1.29 is 9.90 Å². The number of aliphatic hydroxyl groups excluding tert-OH is 1. The van der Waals surface area contributed by atoms with E-state index in [0.717, 1.165) is 22.4 Å². The van der Waals surface area contributed by atoms with Crippen molar-refractivity contribution in [2.75, 3.05) is 5.32 Å². The summed E-state index contributed by atoms with van der Waals surface area (Å²) in [4.78, 5) is 12.0. The van der Waals surface area contributed by atoms with Gasteiger partial charge < -0.3 is 10.4 Å². The quantitative estimate of drug-likeness (QED) is 0.664. The molecule has 2 aromatic carbocycles. The van der Waals surface area contributed by atoms with Crippen LogP contribution in [0.4, 0.5) is 9.80 Å². The first kappa shape index (κ1) is 16.2. The van der Waals surface area contributed by atoms with Gasteiger partial charge in [-0.1, -0.05) is 54.6 Å². The van der Waals surface area contributed by atoms with Crippen LogP contribution in [-0.2, 0) is 13.2 Å². The molecule has 0 atom stereocenters. The van der Waals surface area contributed by atoms with E-state index >= 15 is 0 Å². The molecule has 1 aromatic heterocycles. The minimum Gasteiger partial charge on any atom is -0.392 e. The third-order valence-corrected chi connectivity index (χ3v) is 4.25. The number of nitrogens with zero attached hydrogens (tertiary/aromatic N) is 1. The van der Waals surface area contributed by atoms with Crippen LogP contribution < -0.4 is 10.6 Å². The van der Waals surface area contributed by atoms with Crippen LogP contribution in [0, 0.1) is 0 Å². The van der Waals surface area contributed by atoms with Crippen LogP contribution in [-0.4, -0.2) is 15.5 Å². The number of carbonyl (C=O) groups is 1. The van der Waals surface area contributed by atoms with Gasteiger partial charge >= 0.3 is 6.03 Å². The van der Waals surface area contributed by atoms with Gasteiger partial charge in [0, 0.05) is 18.2 Å². The molecule has 3 N–H and O–H groups in total. The Kier molecular flexibility index (Phi) is 5.20. The Balaban J connectivity index is 1.58. The fourth-order valence-electron chi connectivity index (χ4n) is 2.29. The molecule has 5 nitrogen and oxygen atoms in total. The molecule has 3 rings (SSSR count). The van der Waals surface area contributed by atoms with Crippen LogP contribution in [0.15, 0.2) is 60.7 Å². The van der Waals surface area contributed by atoms with Gasteiger partial charge in [-0.3, -0.25) is 5.32 Å². The molecule has 0 radical (unpaired) electrons. The molecule has 6 heteroatoms. The van der Waals surface area contributed by atoms with Crippen molar-refractivity contribution in [3.63, 3.8) is 0 Å². The van der Waals surface area contributed by atoms with Crippen molar-refractivity contribution in [2.24, 2.45) is 0 Å². The first-order valence-electron chi connectivity index (χ1n) is 7.51. The topological polar surface area (TPSA) is 74.2 Å². The zero-order valence-electron chi connectivity index (χ0n) is 12.9. The predicted octanol–water partition coefficient (Wildman–Crippen LogP) is 3.62. The summed E-state index contributed by atoms with van der Waals surface area (Å²) < 4.78 is 4.35. The van der Waals surface area contributed by atoms with Crippen LogP contribution in [0.25, 0.3) is 11.3 Å². The van der Waals surface area contributed by atoms with Crippen molar-refractivity contribution in [3.8, 4) is 11.3 Å². The lowest BCUT2D eigenvalue weighted by Gasteiger charge is -2.09. The minimum atomic E-state index is -0.300. The van der Waals surface area contributed by atoms with Crippen molar-refractivity contribution in [1.29, 1.82) is 0 Å². The SMILES string of the molecule is O=C(NCc1ccccc1CO)Nc1cc(-c2ccccc2)ns1. The molecule has 1 heterocycles. The van der Waals surface area contributed by atoms with Gasteiger partial charge in [-0.15, -0.1) is 0 Å². The summed E-state index contributed by atoms with van der Waals surface area (Å²) in [6, 6.07) is 18.8. The zero-order chi connectivity index (χ0) is 16.8. The second-order valence-electron chi connectivity index (χ2n) is 5.18. The number of aromatic nitrogens is 1. The highest BCUT2D eigenvalue weighted by Gasteiger charge is 2.08. The summed E-state index contributed by atoms with van der Waals surface area (Å²) in [6.07, 6.45) is 0. The molecule has 24 heavy (non-hydrogen) atoms. The molecule has 0 aliphatic carbocycles. The number of rotatable bonds is 5. The summed E-state index contributed by atoms with van der Waals surface area (Å²) in [5.74, 6) is 0. The lowest BCUT2D eigenvalue weighted by atomic mass is 10.1. The van der Waals surface area contributed by atoms with Gasteiger partial charge in [0.15, 0.2) is 0 Å². The smallest absolute Gasteiger partial charge is 0.320 e. The van der Waals surface area contributed by atoms with E-state index in [0.29, 0.717) is 11.5 Å². The first-order chi connectivity index (χ1) is 11.8. The molecule has 0 bridgehead atoms. The van der Waals surface area contributed by atoms with Crippen LogP contribution in [0.1, 0.15) is 11.1 Å². The summed E-state index contributed by atoms with van der Waals surface area (Å²) in [6.45, 7) is 0.307. The van der Waals surface area contributed by atoms with Gasteiger partial charge in [-0.05, 0) is 22.7 Å². The number of aliphatic hydroxyl groups is 1. The first-order valence-corrected chi connectivity index (χ1v) is 8.28. The molecule has 0 aliphatic rings.